The van der Waals surface area contributed by atoms with Crippen LogP contribution in [0.1, 0.15) is 41.0 Å². The van der Waals surface area contributed by atoms with E-state index in [4.69, 9.17) is 4.74 Å². The van der Waals surface area contributed by atoms with Crippen LogP contribution in [-0.2, 0) is 4.74 Å². The lowest BCUT2D eigenvalue weighted by Gasteiger charge is -2.29. The summed E-state index contributed by atoms with van der Waals surface area (Å²) in [5.41, 5.74) is 0.0516. The maximum Gasteiger partial charge on any atom is 0.0649 e. The van der Waals surface area contributed by atoms with Crippen molar-refractivity contribution in [1.29, 1.82) is 0 Å². The monoisotopic (exact) mass is 144 g/mol. The Kier molecular flexibility index (Phi) is 3.95. The molecular weight excluding hydrogens is 124 g/mol. The summed E-state index contributed by atoms with van der Waals surface area (Å²) in [5.74, 6) is 0.596. The summed E-state index contributed by atoms with van der Waals surface area (Å²) in [4.78, 5) is 0. The predicted octanol–water partition coefficient (Wildman–Crippen LogP) is 2.85. The molecule has 62 valence electrons. The molecule has 0 bridgehead atoms. The first kappa shape index (κ1) is 9.96. The lowest BCUT2D eigenvalue weighted by Crippen LogP contribution is -2.31. The number of hydrogen-bond donors (Lipinski definition) is 0. The van der Waals surface area contributed by atoms with E-state index in [0.29, 0.717) is 5.92 Å². The first-order chi connectivity index (χ1) is 4.50. The molecule has 0 saturated carbocycles. The Bertz CT molecular complexity index is 84.7. The topological polar surface area (TPSA) is 9.23 Å². The molecule has 0 saturated heterocycles. The van der Waals surface area contributed by atoms with Crippen LogP contribution < -0.4 is 0 Å². The third kappa shape index (κ3) is 3.21. The van der Waals surface area contributed by atoms with E-state index in [1.54, 1.807) is 0 Å². The summed E-state index contributed by atoms with van der Waals surface area (Å²) in [5, 5.41) is 0. The molecule has 0 heterocycles. The summed E-state index contributed by atoms with van der Waals surface area (Å²) in [7, 11) is 0. The van der Waals surface area contributed by atoms with E-state index in [2.05, 4.69) is 34.6 Å². The standard InChI is InChI=1S/C9H20O/c1-6-7-10-9(4,5)8(2)3/h8H,6-7H2,1-5H3. The van der Waals surface area contributed by atoms with E-state index in [0.717, 1.165) is 13.0 Å². The highest BCUT2D eigenvalue weighted by Crippen LogP contribution is 2.19. The van der Waals surface area contributed by atoms with Crippen molar-refractivity contribution in [2.45, 2.75) is 46.6 Å². The Balaban J connectivity index is 3.63. The highest BCUT2D eigenvalue weighted by molar-refractivity contribution is 4.71. The Labute approximate surface area is 64.8 Å². The summed E-state index contributed by atoms with van der Waals surface area (Å²) < 4.78 is 5.64. The molecule has 0 aliphatic rings. The van der Waals surface area contributed by atoms with Crippen LogP contribution in [0.2, 0.25) is 0 Å². The summed E-state index contributed by atoms with van der Waals surface area (Å²) in [6.07, 6.45) is 1.11. The van der Waals surface area contributed by atoms with Gasteiger partial charge in [0.2, 0.25) is 0 Å². The smallest absolute Gasteiger partial charge is 0.0649 e. The zero-order chi connectivity index (χ0) is 8.20. The van der Waals surface area contributed by atoms with Crippen molar-refractivity contribution in [2.75, 3.05) is 6.61 Å². The molecule has 0 spiro atoms. The highest BCUT2D eigenvalue weighted by Gasteiger charge is 2.21. The Morgan fingerprint density at radius 3 is 2.10 bits per heavy atom. The minimum Gasteiger partial charge on any atom is -0.375 e. The summed E-state index contributed by atoms with van der Waals surface area (Å²) in [6.45, 7) is 11.7. The Morgan fingerprint density at radius 2 is 1.80 bits per heavy atom. The van der Waals surface area contributed by atoms with Gasteiger partial charge in [0.1, 0.15) is 0 Å². The van der Waals surface area contributed by atoms with Crippen LogP contribution >= 0.6 is 0 Å². The van der Waals surface area contributed by atoms with E-state index >= 15 is 0 Å². The van der Waals surface area contributed by atoms with Gasteiger partial charge in [-0.15, -0.1) is 0 Å². The minimum atomic E-state index is 0.0516. The number of ether oxygens (including phenoxy) is 1. The van der Waals surface area contributed by atoms with Crippen molar-refractivity contribution in [2.24, 2.45) is 5.92 Å². The predicted molar refractivity (Wildman–Crippen MR) is 45.2 cm³/mol. The second-order valence-electron chi connectivity index (χ2n) is 3.61. The second-order valence-corrected chi connectivity index (χ2v) is 3.61. The average Bonchev–Trinajstić information content (AvgIpc) is 1.84. The van der Waals surface area contributed by atoms with Gasteiger partial charge < -0.3 is 4.74 Å². The zero-order valence-electron chi connectivity index (χ0n) is 7.90. The van der Waals surface area contributed by atoms with Crippen LogP contribution in [0.15, 0.2) is 0 Å². The zero-order valence-corrected chi connectivity index (χ0v) is 7.90. The van der Waals surface area contributed by atoms with E-state index in [1.807, 2.05) is 0 Å². The third-order valence-corrected chi connectivity index (χ3v) is 2.07. The molecule has 1 heteroatoms. The van der Waals surface area contributed by atoms with Crippen molar-refractivity contribution < 1.29 is 4.74 Å². The van der Waals surface area contributed by atoms with Crippen LogP contribution in [0.5, 0.6) is 0 Å². The number of hydrogen-bond acceptors (Lipinski definition) is 1. The molecular formula is C9H20O. The first-order valence-electron chi connectivity index (χ1n) is 4.14. The second kappa shape index (κ2) is 3.97. The molecule has 0 radical (unpaired) electrons. The van der Waals surface area contributed by atoms with E-state index in [-0.39, 0.29) is 5.60 Å². The molecule has 0 aromatic heterocycles. The fourth-order valence-corrected chi connectivity index (χ4v) is 0.532. The highest BCUT2D eigenvalue weighted by atomic mass is 16.5. The van der Waals surface area contributed by atoms with Gasteiger partial charge in [-0.1, -0.05) is 20.8 Å². The van der Waals surface area contributed by atoms with Crippen molar-refractivity contribution in [3.8, 4) is 0 Å². The van der Waals surface area contributed by atoms with Gasteiger partial charge >= 0.3 is 0 Å². The summed E-state index contributed by atoms with van der Waals surface area (Å²) in [6, 6.07) is 0. The molecule has 0 N–H and O–H groups in total. The normalized spacial score (nSPS) is 12.6. The first-order valence-corrected chi connectivity index (χ1v) is 4.14. The van der Waals surface area contributed by atoms with Gasteiger partial charge in [-0.25, -0.2) is 0 Å². The van der Waals surface area contributed by atoms with Gasteiger partial charge in [-0.05, 0) is 26.2 Å². The molecule has 0 aromatic rings. The molecule has 10 heavy (non-hydrogen) atoms. The SMILES string of the molecule is CCCOC(C)(C)C(C)C. The molecule has 0 atom stereocenters. The van der Waals surface area contributed by atoms with Gasteiger partial charge in [0.15, 0.2) is 0 Å². The van der Waals surface area contributed by atoms with Crippen LogP contribution in [0, 0.1) is 5.92 Å². The number of rotatable bonds is 4. The van der Waals surface area contributed by atoms with Gasteiger partial charge in [-0.2, -0.15) is 0 Å². The van der Waals surface area contributed by atoms with Crippen LogP contribution in [0.25, 0.3) is 0 Å². The molecule has 0 fully saturated rings. The van der Waals surface area contributed by atoms with Gasteiger partial charge in [0, 0.05) is 6.61 Å². The van der Waals surface area contributed by atoms with Crippen molar-refractivity contribution in [3.05, 3.63) is 0 Å². The molecule has 0 aliphatic heterocycles. The minimum absolute atomic E-state index is 0.0516. The molecule has 0 aliphatic carbocycles. The van der Waals surface area contributed by atoms with Crippen molar-refractivity contribution in [1.82, 2.24) is 0 Å². The van der Waals surface area contributed by atoms with Gasteiger partial charge in [0.25, 0.3) is 0 Å². The molecule has 1 nitrogen and oxygen atoms in total. The quantitative estimate of drug-likeness (QED) is 0.589. The van der Waals surface area contributed by atoms with E-state index < -0.39 is 0 Å². The fraction of sp³-hybridized carbons (Fsp3) is 1.00. The molecule has 0 amide bonds. The van der Waals surface area contributed by atoms with E-state index in [1.165, 1.54) is 0 Å². The molecule has 0 unspecified atom stereocenters. The molecule has 0 aromatic carbocycles. The van der Waals surface area contributed by atoms with Gasteiger partial charge in [0.05, 0.1) is 5.60 Å². The Morgan fingerprint density at radius 1 is 1.30 bits per heavy atom. The van der Waals surface area contributed by atoms with Crippen LogP contribution in [-0.4, -0.2) is 12.2 Å². The van der Waals surface area contributed by atoms with Crippen molar-refractivity contribution >= 4 is 0 Å². The summed E-state index contributed by atoms with van der Waals surface area (Å²) >= 11 is 0. The fourth-order valence-electron chi connectivity index (χ4n) is 0.532. The Hall–Kier alpha value is -0.0400. The van der Waals surface area contributed by atoms with Gasteiger partial charge in [-0.3, -0.25) is 0 Å². The molecule has 0 rings (SSSR count). The van der Waals surface area contributed by atoms with Crippen LogP contribution in [0.4, 0.5) is 0 Å². The van der Waals surface area contributed by atoms with Crippen LogP contribution in [0.3, 0.4) is 0 Å². The lowest BCUT2D eigenvalue weighted by atomic mass is 9.95. The average molecular weight is 144 g/mol. The maximum absolute atomic E-state index is 5.64. The lowest BCUT2D eigenvalue weighted by molar-refractivity contribution is -0.0498. The largest absolute Gasteiger partial charge is 0.375 e. The van der Waals surface area contributed by atoms with Crippen molar-refractivity contribution in [3.63, 3.8) is 0 Å². The van der Waals surface area contributed by atoms with E-state index in [9.17, 15) is 0 Å². The third-order valence-electron chi connectivity index (χ3n) is 2.07. The maximum atomic E-state index is 5.64.